The van der Waals surface area contributed by atoms with E-state index >= 15 is 0 Å². The Balaban J connectivity index is 2.42. The standard InChI is InChI=1S/C11H19NO3/c1-7-5-8(10(14)12-7)6-9(13)15-11(2,3)4/h7-8H,5-6H2,1-4H3,(H,12,14)/t7-,8-/m1/s1. The number of carbonyl (C=O) groups excluding carboxylic acids is 2. The molecule has 0 aromatic heterocycles. The Labute approximate surface area is 90.4 Å². The van der Waals surface area contributed by atoms with Gasteiger partial charge in [-0.15, -0.1) is 0 Å². The molecule has 0 unspecified atom stereocenters. The first-order chi connectivity index (χ1) is 6.78. The molecule has 1 saturated heterocycles. The van der Waals surface area contributed by atoms with Crippen LogP contribution in [0.2, 0.25) is 0 Å². The number of nitrogens with one attached hydrogen (secondary N) is 1. The minimum Gasteiger partial charge on any atom is -0.460 e. The molecule has 1 amide bonds. The van der Waals surface area contributed by atoms with Crippen LogP contribution in [-0.4, -0.2) is 23.5 Å². The zero-order valence-electron chi connectivity index (χ0n) is 9.79. The van der Waals surface area contributed by atoms with Gasteiger partial charge in [0.1, 0.15) is 5.60 Å². The Kier molecular flexibility index (Phi) is 3.37. The summed E-state index contributed by atoms with van der Waals surface area (Å²) in [6.07, 6.45) is 0.908. The first-order valence-corrected chi connectivity index (χ1v) is 5.30. The smallest absolute Gasteiger partial charge is 0.307 e. The molecule has 15 heavy (non-hydrogen) atoms. The monoisotopic (exact) mass is 213 g/mol. The maximum absolute atomic E-state index is 11.5. The summed E-state index contributed by atoms with van der Waals surface area (Å²) in [5, 5.41) is 2.79. The highest BCUT2D eigenvalue weighted by Crippen LogP contribution is 2.20. The fourth-order valence-corrected chi connectivity index (χ4v) is 1.71. The summed E-state index contributed by atoms with van der Waals surface area (Å²) in [6, 6.07) is 0.171. The second-order valence-corrected chi connectivity index (χ2v) is 5.13. The van der Waals surface area contributed by atoms with Gasteiger partial charge in [-0.1, -0.05) is 0 Å². The summed E-state index contributed by atoms with van der Waals surface area (Å²) >= 11 is 0. The third-order valence-electron chi connectivity index (χ3n) is 2.23. The van der Waals surface area contributed by atoms with Crippen molar-refractivity contribution in [3.8, 4) is 0 Å². The Morgan fingerprint density at radius 3 is 2.53 bits per heavy atom. The molecular formula is C11H19NO3. The van der Waals surface area contributed by atoms with Crippen molar-refractivity contribution < 1.29 is 14.3 Å². The number of amides is 1. The van der Waals surface area contributed by atoms with Crippen LogP contribution < -0.4 is 5.32 Å². The molecule has 0 radical (unpaired) electrons. The van der Waals surface area contributed by atoms with Crippen molar-refractivity contribution >= 4 is 11.9 Å². The zero-order chi connectivity index (χ0) is 11.6. The summed E-state index contributed by atoms with van der Waals surface area (Å²) in [4.78, 5) is 22.8. The maximum Gasteiger partial charge on any atom is 0.307 e. The lowest BCUT2D eigenvalue weighted by molar-refractivity contribution is -0.156. The van der Waals surface area contributed by atoms with Crippen LogP contribution in [0.4, 0.5) is 0 Å². The van der Waals surface area contributed by atoms with Crippen LogP contribution in [0.15, 0.2) is 0 Å². The van der Waals surface area contributed by atoms with Crippen LogP contribution >= 0.6 is 0 Å². The first kappa shape index (κ1) is 12.0. The number of ether oxygens (including phenoxy) is 1. The van der Waals surface area contributed by atoms with Crippen molar-refractivity contribution in [1.29, 1.82) is 0 Å². The Hall–Kier alpha value is -1.06. The van der Waals surface area contributed by atoms with E-state index in [0.717, 1.165) is 6.42 Å². The topological polar surface area (TPSA) is 55.4 Å². The molecule has 2 atom stereocenters. The molecule has 0 aromatic rings. The number of hydrogen-bond donors (Lipinski definition) is 1. The molecule has 0 saturated carbocycles. The molecule has 1 fully saturated rings. The van der Waals surface area contributed by atoms with Gasteiger partial charge in [0, 0.05) is 6.04 Å². The van der Waals surface area contributed by atoms with Crippen LogP contribution in [0.3, 0.4) is 0 Å². The number of carbonyl (C=O) groups is 2. The Morgan fingerprint density at radius 1 is 1.53 bits per heavy atom. The predicted octanol–water partition coefficient (Wildman–Crippen LogP) is 1.24. The van der Waals surface area contributed by atoms with E-state index < -0.39 is 5.60 Å². The normalized spacial score (nSPS) is 26.3. The molecule has 1 aliphatic rings. The minimum atomic E-state index is -0.474. The summed E-state index contributed by atoms with van der Waals surface area (Å²) in [5.41, 5.74) is -0.474. The zero-order valence-corrected chi connectivity index (χ0v) is 9.79. The van der Waals surface area contributed by atoms with Gasteiger partial charge in [0.15, 0.2) is 0 Å². The van der Waals surface area contributed by atoms with Gasteiger partial charge < -0.3 is 10.1 Å². The van der Waals surface area contributed by atoms with E-state index in [-0.39, 0.29) is 30.3 Å². The lowest BCUT2D eigenvalue weighted by Gasteiger charge is -2.20. The highest BCUT2D eigenvalue weighted by molar-refractivity contribution is 5.85. The van der Waals surface area contributed by atoms with Crippen molar-refractivity contribution in [2.45, 2.75) is 52.2 Å². The third kappa shape index (κ3) is 3.90. The minimum absolute atomic E-state index is 0.0339. The predicted molar refractivity (Wildman–Crippen MR) is 56.2 cm³/mol. The van der Waals surface area contributed by atoms with Crippen molar-refractivity contribution in [2.75, 3.05) is 0 Å². The van der Waals surface area contributed by atoms with Crippen LogP contribution in [0.1, 0.15) is 40.5 Å². The quantitative estimate of drug-likeness (QED) is 0.702. The average molecular weight is 213 g/mol. The van der Waals surface area contributed by atoms with Crippen molar-refractivity contribution in [3.05, 3.63) is 0 Å². The second kappa shape index (κ2) is 4.21. The maximum atomic E-state index is 11.5. The summed E-state index contributed by atoms with van der Waals surface area (Å²) in [7, 11) is 0. The summed E-state index contributed by atoms with van der Waals surface area (Å²) in [6.45, 7) is 7.40. The van der Waals surface area contributed by atoms with Gasteiger partial charge in [-0.05, 0) is 34.1 Å². The molecule has 0 aliphatic carbocycles. The largest absolute Gasteiger partial charge is 0.460 e. The molecular weight excluding hydrogens is 194 g/mol. The molecule has 4 nitrogen and oxygen atoms in total. The molecule has 86 valence electrons. The highest BCUT2D eigenvalue weighted by Gasteiger charge is 2.32. The van der Waals surface area contributed by atoms with Gasteiger partial charge in [-0.2, -0.15) is 0 Å². The molecule has 0 bridgehead atoms. The van der Waals surface area contributed by atoms with Gasteiger partial charge in [-0.25, -0.2) is 0 Å². The molecule has 1 heterocycles. The number of esters is 1. The van der Waals surface area contributed by atoms with E-state index in [1.807, 2.05) is 27.7 Å². The van der Waals surface area contributed by atoms with Crippen LogP contribution in [0.25, 0.3) is 0 Å². The van der Waals surface area contributed by atoms with Gasteiger partial charge in [0.05, 0.1) is 12.3 Å². The van der Waals surface area contributed by atoms with Gasteiger partial charge >= 0.3 is 5.97 Å². The van der Waals surface area contributed by atoms with Gasteiger partial charge in [-0.3, -0.25) is 9.59 Å². The number of rotatable bonds is 2. The van der Waals surface area contributed by atoms with Crippen molar-refractivity contribution in [1.82, 2.24) is 5.32 Å². The first-order valence-electron chi connectivity index (χ1n) is 5.30. The fraction of sp³-hybridized carbons (Fsp3) is 0.818. The SMILES string of the molecule is C[C@@H]1C[C@H](CC(=O)OC(C)(C)C)C(=O)N1. The van der Waals surface area contributed by atoms with E-state index in [2.05, 4.69) is 5.32 Å². The van der Waals surface area contributed by atoms with E-state index in [1.54, 1.807) is 0 Å². The molecule has 1 rings (SSSR count). The molecule has 1 N–H and O–H groups in total. The Bertz CT molecular complexity index is 267. The van der Waals surface area contributed by atoms with E-state index in [0.29, 0.717) is 0 Å². The van der Waals surface area contributed by atoms with E-state index in [1.165, 1.54) is 0 Å². The average Bonchev–Trinajstić information content (AvgIpc) is 2.25. The lowest BCUT2D eigenvalue weighted by atomic mass is 10.0. The van der Waals surface area contributed by atoms with Gasteiger partial charge in [0.25, 0.3) is 0 Å². The van der Waals surface area contributed by atoms with Gasteiger partial charge in [0.2, 0.25) is 5.91 Å². The Morgan fingerprint density at radius 2 is 2.13 bits per heavy atom. The summed E-state index contributed by atoms with van der Waals surface area (Å²) in [5.74, 6) is -0.542. The second-order valence-electron chi connectivity index (χ2n) is 5.13. The third-order valence-corrected chi connectivity index (χ3v) is 2.23. The van der Waals surface area contributed by atoms with E-state index in [9.17, 15) is 9.59 Å². The van der Waals surface area contributed by atoms with Crippen LogP contribution in [-0.2, 0) is 14.3 Å². The summed E-state index contributed by atoms with van der Waals surface area (Å²) < 4.78 is 5.16. The fourth-order valence-electron chi connectivity index (χ4n) is 1.71. The lowest BCUT2D eigenvalue weighted by Crippen LogP contribution is -2.28. The van der Waals surface area contributed by atoms with Crippen molar-refractivity contribution in [3.63, 3.8) is 0 Å². The highest BCUT2D eigenvalue weighted by atomic mass is 16.6. The van der Waals surface area contributed by atoms with E-state index in [4.69, 9.17) is 4.74 Å². The van der Waals surface area contributed by atoms with Crippen LogP contribution in [0.5, 0.6) is 0 Å². The molecule has 4 heteroatoms. The van der Waals surface area contributed by atoms with Crippen molar-refractivity contribution in [2.24, 2.45) is 5.92 Å². The molecule has 0 aromatic carbocycles. The number of hydrogen-bond acceptors (Lipinski definition) is 3. The molecule has 0 spiro atoms. The molecule has 1 aliphatic heterocycles. The van der Waals surface area contributed by atoms with Crippen LogP contribution in [0, 0.1) is 5.92 Å².